The monoisotopic (exact) mass is 382 g/mol. The molecular weight excluding hydrogens is 359 g/mol. The second-order valence-electron chi connectivity index (χ2n) is 6.61. The Morgan fingerprint density at radius 3 is 2.85 bits per heavy atom. The van der Waals surface area contributed by atoms with Gasteiger partial charge >= 0.3 is 0 Å². The van der Waals surface area contributed by atoms with Crippen LogP contribution in [0.1, 0.15) is 25.3 Å². The van der Waals surface area contributed by atoms with Gasteiger partial charge in [0.1, 0.15) is 11.6 Å². The molecule has 1 amide bonds. The molecule has 1 fully saturated rings. The molecule has 142 valence electrons. The molecule has 0 bridgehead atoms. The van der Waals surface area contributed by atoms with E-state index in [1.54, 1.807) is 10.9 Å². The van der Waals surface area contributed by atoms with Crippen LogP contribution in [0.25, 0.3) is 0 Å². The summed E-state index contributed by atoms with van der Waals surface area (Å²) in [7, 11) is 1.85. The molecule has 1 aromatic carbocycles. The highest BCUT2D eigenvalue weighted by atomic mass is 35.5. The molecule has 0 saturated carbocycles. The maximum Gasteiger partial charge on any atom is 0.229 e. The maximum atomic E-state index is 13.6. The lowest BCUT2D eigenvalue weighted by molar-refractivity contribution is -0.119. The molecule has 1 aliphatic rings. The van der Waals surface area contributed by atoms with Crippen LogP contribution in [0.15, 0.2) is 30.6 Å². The second kappa shape index (κ2) is 8.51. The zero-order valence-corrected chi connectivity index (χ0v) is 15.8. The summed E-state index contributed by atoms with van der Waals surface area (Å²) < 4.78 is 21.0. The normalized spacial score (nSPS) is 19.3. The number of hydrogen-bond acceptors (Lipinski definition) is 4. The van der Waals surface area contributed by atoms with Gasteiger partial charge < -0.3 is 15.4 Å². The number of amides is 1. The number of halogens is 2. The summed E-state index contributed by atoms with van der Waals surface area (Å²) in [5, 5.41) is 10.3. The third-order valence-electron chi connectivity index (χ3n) is 4.27. The molecule has 3 rings (SSSR count). The summed E-state index contributed by atoms with van der Waals surface area (Å²) in [5.41, 5.74) is 1.38. The van der Waals surface area contributed by atoms with Crippen molar-refractivity contribution in [2.24, 2.45) is 13.0 Å². The number of rotatable bonds is 5. The zero-order chi connectivity index (χ0) is 18.0. The first-order valence-electron chi connectivity index (χ1n) is 8.40. The number of ether oxygens (including phenoxy) is 1. The molecule has 0 radical (unpaired) electrons. The standard InChI is InChI=1S/C18H23FN4O2.ClH/c1-11(2)25-17-5-4-13(19)6-16(17)22-18(24)15-9-20-8-14(15)12-7-21-23(3)10-12;/h4-7,10-11,14-15,20H,8-9H2,1-3H3,(H,22,24);1H/t14-,15+;/m1./s1. The highest BCUT2D eigenvalue weighted by molar-refractivity contribution is 5.95. The van der Waals surface area contributed by atoms with E-state index in [9.17, 15) is 9.18 Å². The van der Waals surface area contributed by atoms with Crippen LogP contribution >= 0.6 is 12.4 Å². The molecule has 0 aliphatic carbocycles. The van der Waals surface area contributed by atoms with Crippen molar-refractivity contribution < 1.29 is 13.9 Å². The number of nitrogens with one attached hydrogen (secondary N) is 2. The lowest BCUT2D eigenvalue weighted by Gasteiger charge is -2.19. The van der Waals surface area contributed by atoms with Crippen molar-refractivity contribution in [1.82, 2.24) is 15.1 Å². The number of nitrogens with zero attached hydrogens (tertiary/aromatic N) is 2. The van der Waals surface area contributed by atoms with Crippen LogP contribution in [-0.4, -0.2) is 34.9 Å². The fraction of sp³-hybridized carbons (Fsp3) is 0.444. The SMILES string of the molecule is CC(C)Oc1ccc(F)cc1NC(=O)[C@H]1CNC[C@@H]1c1cnn(C)c1.Cl. The number of benzene rings is 1. The first-order chi connectivity index (χ1) is 11.9. The van der Waals surface area contributed by atoms with Crippen molar-refractivity contribution in [2.75, 3.05) is 18.4 Å². The molecule has 0 unspecified atom stereocenters. The fourth-order valence-electron chi connectivity index (χ4n) is 3.12. The van der Waals surface area contributed by atoms with Gasteiger partial charge in [-0.05, 0) is 31.5 Å². The predicted octanol–water partition coefficient (Wildman–Crippen LogP) is 2.71. The van der Waals surface area contributed by atoms with Gasteiger partial charge in [-0.2, -0.15) is 5.10 Å². The van der Waals surface area contributed by atoms with Gasteiger partial charge in [0.25, 0.3) is 0 Å². The average Bonchev–Trinajstić information content (AvgIpc) is 3.18. The molecule has 6 nitrogen and oxygen atoms in total. The van der Waals surface area contributed by atoms with Gasteiger partial charge in [0.05, 0.1) is 23.9 Å². The highest BCUT2D eigenvalue weighted by Gasteiger charge is 2.35. The number of aryl methyl sites for hydroxylation is 1. The Morgan fingerprint density at radius 1 is 1.42 bits per heavy atom. The summed E-state index contributed by atoms with van der Waals surface area (Å²) in [6.45, 7) is 5.05. The van der Waals surface area contributed by atoms with Gasteiger partial charge in [-0.3, -0.25) is 9.48 Å². The largest absolute Gasteiger partial charge is 0.489 e. The van der Waals surface area contributed by atoms with Gasteiger partial charge in [-0.25, -0.2) is 4.39 Å². The first-order valence-corrected chi connectivity index (χ1v) is 8.40. The van der Waals surface area contributed by atoms with Crippen molar-refractivity contribution in [1.29, 1.82) is 0 Å². The van der Waals surface area contributed by atoms with Crippen LogP contribution in [0.3, 0.4) is 0 Å². The lowest BCUT2D eigenvalue weighted by Crippen LogP contribution is -2.28. The number of aromatic nitrogens is 2. The van der Waals surface area contributed by atoms with Crippen LogP contribution in [0, 0.1) is 11.7 Å². The van der Waals surface area contributed by atoms with E-state index in [1.165, 1.54) is 18.2 Å². The molecule has 0 spiro atoms. The minimum Gasteiger partial charge on any atom is -0.489 e. The van der Waals surface area contributed by atoms with Gasteiger partial charge in [0.2, 0.25) is 5.91 Å². The Kier molecular flexibility index (Phi) is 6.61. The number of carbonyl (C=O) groups is 1. The lowest BCUT2D eigenvalue weighted by atomic mass is 9.90. The minimum atomic E-state index is -0.417. The van der Waals surface area contributed by atoms with E-state index in [-0.39, 0.29) is 36.3 Å². The van der Waals surface area contributed by atoms with E-state index in [2.05, 4.69) is 15.7 Å². The molecule has 1 aliphatic heterocycles. The molecule has 26 heavy (non-hydrogen) atoms. The summed E-state index contributed by atoms with van der Waals surface area (Å²) in [6.07, 6.45) is 3.64. The number of carbonyl (C=O) groups excluding carboxylic acids is 1. The summed E-state index contributed by atoms with van der Waals surface area (Å²) in [6, 6.07) is 4.15. The van der Waals surface area contributed by atoms with Gasteiger partial charge in [-0.1, -0.05) is 0 Å². The van der Waals surface area contributed by atoms with Crippen LogP contribution in [0.2, 0.25) is 0 Å². The van der Waals surface area contributed by atoms with E-state index < -0.39 is 5.82 Å². The van der Waals surface area contributed by atoms with Crippen molar-refractivity contribution >= 4 is 24.0 Å². The van der Waals surface area contributed by atoms with Crippen LogP contribution in [0.4, 0.5) is 10.1 Å². The third kappa shape index (κ3) is 4.53. The molecule has 8 heteroatoms. The number of anilines is 1. The predicted molar refractivity (Wildman–Crippen MR) is 100 cm³/mol. The fourth-order valence-corrected chi connectivity index (χ4v) is 3.12. The summed E-state index contributed by atoms with van der Waals surface area (Å²) >= 11 is 0. The van der Waals surface area contributed by atoms with Gasteiger partial charge in [0.15, 0.2) is 0 Å². The molecule has 1 saturated heterocycles. The zero-order valence-electron chi connectivity index (χ0n) is 15.0. The highest BCUT2D eigenvalue weighted by Crippen LogP contribution is 2.31. The van der Waals surface area contributed by atoms with Crippen LogP contribution < -0.4 is 15.4 Å². The van der Waals surface area contributed by atoms with E-state index in [0.717, 1.165) is 5.56 Å². The number of hydrogen-bond donors (Lipinski definition) is 2. The van der Waals surface area contributed by atoms with Gasteiger partial charge in [0, 0.05) is 38.3 Å². The maximum absolute atomic E-state index is 13.6. The topological polar surface area (TPSA) is 68.2 Å². The minimum absolute atomic E-state index is 0. The van der Waals surface area contributed by atoms with Crippen molar-refractivity contribution in [3.8, 4) is 5.75 Å². The van der Waals surface area contributed by atoms with Crippen molar-refractivity contribution in [2.45, 2.75) is 25.9 Å². The molecular formula is C18H24ClFN4O2. The van der Waals surface area contributed by atoms with E-state index in [4.69, 9.17) is 4.74 Å². The molecule has 2 atom stereocenters. The first kappa shape index (κ1) is 20.2. The Labute approximate surface area is 158 Å². The average molecular weight is 383 g/mol. The van der Waals surface area contributed by atoms with Crippen LogP contribution in [0.5, 0.6) is 5.75 Å². The molecule has 2 heterocycles. The second-order valence-corrected chi connectivity index (χ2v) is 6.61. The molecule has 2 N–H and O–H groups in total. The summed E-state index contributed by atoms with van der Waals surface area (Å²) in [4.78, 5) is 12.8. The Bertz CT molecular complexity index is 765. The quantitative estimate of drug-likeness (QED) is 0.834. The molecule has 2 aromatic rings. The van der Waals surface area contributed by atoms with Crippen LogP contribution in [-0.2, 0) is 11.8 Å². The van der Waals surface area contributed by atoms with E-state index >= 15 is 0 Å². The Hall–Kier alpha value is -2.12. The summed E-state index contributed by atoms with van der Waals surface area (Å²) in [5.74, 6) is -0.317. The van der Waals surface area contributed by atoms with E-state index in [0.29, 0.717) is 24.5 Å². The Morgan fingerprint density at radius 2 is 2.19 bits per heavy atom. The van der Waals surface area contributed by atoms with Gasteiger partial charge in [-0.15, -0.1) is 12.4 Å². The van der Waals surface area contributed by atoms with Crippen molar-refractivity contribution in [3.63, 3.8) is 0 Å². The third-order valence-corrected chi connectivity index (χ3v) is 4.27. The molecule has 1 aromatic heterocycles. The van der Waals surface area contributed by atoms with E-state index in [1.807, 2.05) is 27.1 Å². The smallest absolute Gasteiger partial charge is 0.229 e. The Balaban J connectivity index is 0.00000243. The van der Waals surface area contributed by atoms with Crippen molar-refractivity contribution in [3.05, 3.63) is 42.0 Å².